The Morgan fingerprint density at radius 3 is 3.12 bits per heavy atom. The highest BCUT2D eigenvalue weighted by Crippen LogP contribution is 2.25. The second-order valence-corrected chi connectivity index (χ2v) is 4.66. The highest BCUT2D eigenvalue weighted by Gasteiger charge is 2.23. The molecule has 1 N–H and O–H groups in total. The van der Waals surface area contributed by atoms with Crippen LogP contribution in [-0.4, -0.2) is 22.5 Å². The summed E-state index contributed by atoms with van der Waals surface area (Å²) in [6, 6.07) is 5.77. The van der Waals surface area contributed by atoms with Gasteiger partial charge in [0.15, 0.2) is 5.69 Å². The molecule has 0 amide bonds. The number of rotatable bonds is 1. The number of hydrogen-bond acceptors (Lipinski definition) is 3. The molecule has 3 heterocycles. The molecule has 0 saturated carbocycles. The minimum atomic E-state index is 0.364. The van der Waals surface area contributed by atoms with Gasteiger partial charge in [0.05, 0.1) is 10.5 Å². The molecular weight excluding hydrogens is 236 g/mol. The Morgan fingerprint density at radius 2 is 2.41 bits per heavy atom. The van der Waals surface area contributed by atoms with Gasteiger partial charge in [0.2, 0.25) is 0 Å². The van der Waals surface area contributed by atoms with Crippen LogP contribution in [0.15, 0.2) is 18.3 Å². The Balaban J connectivity index is 2.23. The maximum absolute atomic E-state index is 9.09. The third kappa shape index (κ3) is 1.68. The lowest BCUT2D eigenvalue weighted by molar-refractivity contribution is 0.698. The Hall–Kier alpha value is -1.57. The predicted molar refractivity (Wildman–Crippen MR) is 65.1 cm³/mol. The monoisotopic (exact) mass is 246 g/mol. The van der Waals surface area contributed by atoms with E-state index in [-0.39, 0.29) is 0 Å². The van der Waals surface area contributed by atoms with Crippen LogP contribution in [0.5, 0.6) is 0 Å². The van der Waals surface area contributed by atoms with Crippen molar-refractivity contribution in [3.8, 4) is 6.07 Å². The maximum atomic E-state index is 9.09. The van der Waals surface area contributed by atoms with Crippen LogP contribution in [-0.2, 0) is 0 Å². The lowest BCUT2D eigenvalue weighted by atomic mass is 10.1. The van der Waals surface area contributed by atoms with Gasteiger partial charge in [0.25, 0.3) is 0 Å². The summed E-state index contributed by atoms with van der Waals surface area (Å²) in [6.07, 6.45) is 2.88. The Bertz CT molecular complexity index is 605. The van der Waals surface area contributed by atoms with Crippen molar-refractivity contribution in [1.29, 1.82) is 5.26 Å². The average molecular weight is 247 g/mol. The molecule has 2 aromatic rings. The van der Waals surface area contributed by atoms with Gasteiger partial charge in [-0.15, -0.1) is 0 Å². The zero-order chi connectivity index (χ0) is 11.8. The first-order chi connectivity index (χ1) is 8.29. The lowest BCUT2D eigenvalue weighted by Gasteiger charge is -2.07. The molecule has 0 radical (unpaired) electrons. The molecule has 1 saturated heterocycles. The molecule has 17 heavy (non-hydrogen) atoms. The molecule has 1 unspecified atom stereocenters. The lowest BCUT2D eigenvalue weighted by Crippen LogP contribution is -2.10. The number of nitriles is 1. The molecular formula is C12H11ClN4. The largest absolute Gasteiger partial charge is 0.316 e. The second kappa shape index (κ2) is 4.02. The van der Waals surface area contributed by atoms with Crippen LogP contribution in [0.4, 0.5) is 0 Å². The topological polar surface area (TPSA) is 53.1 Å². The average Bonchev–Trinajstić information content (AvgIpc) is 2.94. The van der Waals surface area contributed by atoms with Gasteiger partial charge in [-0.1, -0.05) is 11.6 Å². The van der Waals surface area contributed by atoms with Gasteiger partial charge in [-0.3, -0.25) is 0 Å². The van der Waals surface area contributed by atoms with Gasteiger partial charge < -0.3 is 9.72 Å². The zero-order valence-corrected chi connectivity index (χ0v) is 9.91. The van der Waals surface area contributed by atoms with Crippen LogP contribution >= 0.6 is 11.6 Å². The first-order valence-electron chi connectivity index (χ1n) is 5.58. The number of halogens is 1. The molecule has 1 fully saturated rings. The SMILES string of the molecule is N#Cc1nc(C2CCNC2)n2cc(Cl)ccc12. The third-order valence-electron chi connectivity index (χ3n) is 3.16. The fourth-order valence-electron chi connectivity index (χ4n) is 2.33. The van der Waals surface area contributed by atoms with Crippen molar-refractivity contribution in [2.24, 2.45) is 0 Å². The van der Waals surface area contributed by atoms with Crippen LogP contribution in [0.2, 0.25) is 5.02 Å². The Morgan fingerprint density at radius 1 is 1.53 bits per heavy atom. The summed E-state index contributed by atoms with van der Waals surface area (Å²) in [5, 5.41) is 13.1. The Kier molecular flexibility index (Phi) is 2.50. The number of pyridine rings is 1. The van der Waals surface area contributed by atoms with Crippen LogP contribution < -0.4 is 5.32 Å². The smallest absolute Gasteiger partial charge is 0.166 e. The molecule has 0 aliphatic carbocycles. The number of fused-ring (bicyclic) bond motifs is 1. The molecule has 86 valence electrons. The van der Waals surface area contributed by atoms with E-state index in [1.54, 1.807) is 6.07 Å². The molecule has 4 nitrogen and oxygen atoms in total. The molecule has 0 aromatic carbocycles. The van der Waals surface area contributed by atoms with Crippen molar-refractivity contribution in [3.63, 3.8) is 0 Å². The quantitative estimate of drug-likeness (QED) is 0.837. The van der Waals surface area contributed by atoms with Crippen molar-refractivity contribution >= 4 is 17.1 Å². The van der Waals surface area contributed by atoms with E-state index in [2.05, 4.69) is 16.4 Å². The highest BCUT2D eigenvalue weighted by molar-refractivity contribution is 6.30. The number of hydrogen-bond donors (Lipinski definition) is 1. The van der Waals surface area contributed by atoms with Crippen LogP contribution in [0, 0.1) is 11.3 Å². The van der Waals surface area contributed by atoms with Crippen molar-refractivity contribution in [2.75, 3.05) is 13.1 Å². The van der Waals surface area contributed by atoms with Gasteiger partial charge in [-0.2, -0.15) is 5.26 Å². The second-order valence-electron chi connectivity index (χ2n) is 4.22. The first kappa shape index (κ1) is 10.6. The van der Waals surface area contributed by atoms with Crippen LogP contribution in [0.3, 0.4) is 0 Å². The molecule has 0 spiro atoms. The Labute approximate surface area is 104 Å². The third-order valence-corrected chi connectivity index (χ3v) is 3.38. The molecule has 1 aliphatic rings. The highest BCUT2D eigenvalue weighted by atomic mass is 35.5. The first-order valence-corrected chi connectivity index (χ1v) is 5.95. The van der Waals surface area contributed by atoms with Crippen molar-refractivity contribution in [1.82, 2.24) is 14.7 Å². The van der Waals surface area contributed by atoms with E-state index in [0.29, 0.717) is 16.6 Å². The van der Waals surface area contributed by atoms with E-state index in [1.165, 1.54) is 0 Å². The predicted octanol–water partition coefficient (Wildman–Crippen LogP) is 1.94. The summed E-state index contributed by atoms with van der Waals surface area (Å²) < 4.78 is 1.94. The zero-order valence-electron chi connectivity index (χ0n) is 9.15. The number of nitrogens with one attached hydrogen (secondary N) is 1. The van der Waals surface area contributed by atoms with Gasteiger partial charge in [0.1, 0.15) is 11.9 Å². The summed E-state index contributed by atoms with van der Waals surface area (Å²) in [5.74, 6) is 1.30. The van der Waals surface area contributed by atoms with E-state index in [9.17, 15) is 0 Å². The van der Waals surface area contributed by atoms with Crippen molar-refractivity contribution in [2.45, 2.75) is 12.3 Å². The van der Waals surface area contributed by atoms with E-state index >= 15 is 0 Å². The number of aromatic nitrogens is 2. The van der Waals surface area contributed by atoms with E-state index in [1.807, 2.05) is 16.7 Å². The molecule has 3 rings (SSSR count). The minimum Gasteiger partial charge on any atom is -0.316 e. The molecule has 1 atom stereocenters. The fourth-order valence-corrected chi connectivity index (χ4v) is 2.49. The molecule has 2 aromatic heterocycles. The minimum absolute atomic E-state index is 0.364. The van der Waals surface area contributed by atoms with Crippen LogP contribution in [0.1, 0.15) is 23.9 Å². The summed E-state index contributed by atoms with van der Waals surface area (Å²) in [7, 11) is 0. The summed E-state index contributed by atoms with van der Waals surface area (Å²) in [6.45, 7) is 1.92. The van der Waals surface area contributed by atoms with Gasteiger partial charge in [-0.05, 0) is 25.1 Å². The van der Waals surface area contributed by atoms with Gasteiger partial charge >= 0.3 is 0 Å². The number of imidazole rings is 1. The van der Waals surface area contributed by atoms with Crippen molar-refractivity contribution in [3.05, 3.63) is 34.9 Å². The maximum Gasteiger partial charge on any atom is 0.166 e. The van der Waals surface area contributed by atoms with E-state index in [4.69, 9.17) is 16.9 Å². The van der Waals surface area contributed by atoms with E-state index < -0.39 is 0 Å². The summed E-state index contributed by atoms with van der Waals surface area (Å²) in [5.41, 5.74) is 1.31. The van der Waals surface area contributed by atoms with Crippen LogP contribution in [0.25, 0.3) is 5.52 Å². The van der Waals surface area contributed by atoms with Gasteiger partial charge in [-0.25, -0.2) is 4.98 Å². The fraction of sp³-hybridized carbons (Fsp3) is 0.333. The summed E-state index contributed by atoms with van der Waals surface area (Å²) >= 11 is 6.00. The number of nitrogens with zero attached hydrogens (tertiary/aromatic N) is 3. The summed E-state index contributed by atoms with van der Waals surface area (Å²) in [4.78, 5) is 4.43. The molecule has 5 heteroatoms. The van der Waals surface area contributed by atoms with E-state index in [0.717, 1.165) is 30.9 Å². The standard InChI is InChI=1S/C12H11ClN4/c13-9-1-2-11-10(5-14)16-12(17(11)7-9)8-3-4-15-6-8/h1-2,7-8,15H,3-4,6H2. The van der Waals surface area contributed by atoms with Gasteiger partial charge in [0, 0.05) is 18.7 Å². The molecule has 1 aliphatic heterocycles. The molecule has 0 bridgehead atoms. The normalized spacial score (nSPS) is 19.6. The van der Waals surface area contributed by atoms with Crippen molar-refractivity contribution < 1.29 is 0 Å².